The smallest absolute Gasteiger partial charge is 0.124 e. The monoisotopic (exact) mass is 522 g/mol. The number of nitrogens with zero attached hydrogens (tertiary/aromatic N) is 4. The number of fused-ring (bicyclic) bond motifs is 10. The fraction of sp³-hybridized carbons (Fsp3) is 0.600. The molecule has 0 radical (unpaired) electrons. The quantitative estimate of drug-likeness (QED) is 0.418. The van der Waals surface area contributed by atoms with E-state index in [9.17, 15) is 10.2 Å². The summed E-state index contributed by atoms with van der Waals surface area (Å²) in [5.41, 5.74) is 6.52. The molecule has 38 heavy (non-hydrogen) atoms. The predicted molar refractivity (Wildman–Crippen MR) is 153 cm³/mol. The maximum absolute atomic E-state index is 11.4. The van der Waals surface area contributed by atoms with E-state index in [-0.39, 0.29) is 0 Å². The van der Waals surface area contributed by atoms with Gasteiger partial charge in [0.25, 0.3) is 0 Å². The summed E-state index contributed by atoms with van der Waals surface area (Å²) >= 11 is 0. The van der Waals surface area contributed by atoms with Gasteiger partial charge in [-0.2, -0.15) is 0 Å². The van der Waals surface area contributed by atoms with Crippen molar-refractivity contribution in [2.24, 2.45) is 0 Å². The van der Waals surface area contributed by atoms with E-state index in [1.54, 1.807) is 0 Å². The lowest BCUT2D eigenvalue weighted by atomic mass is 10.0. The molecule has 0 spiro atoms. The van der Waals surface area contributed by atoms with Crippen molar-refractivity contribution < 1.29 is 10.2 Å². The molecule has 0 saturated carbocycles. The van der Waals surface area contributed by atoms with Crippen LogP contribution in [-0.4, -0.2) is 108 Å². The first-order valence-corrected chi connectivity index (χ1v) is 14.4. The summed E-state index contributed by atoms with van der Waals surface area (Å²) in [4.78, 5) is 9.82. The van der Waals surface area contributed by atoms with E-state index in [4.69, 9.17) is 0 Å². The number of benzene rings is 2. The molecular formula is C30H46N6O2. The van der Waals surface area contributed by atoms with Crippen molar-refractivity contribution in [1.29, 1.82) is 0 Å². The highest BCUT2D eigenvalue weighted by Gasteiger charge is 2.21. The Bertz CT molecular complexity index is 933. The first kappa shape index (κ1) is 27.4. The van der Waals surface area contributed by atoms with Crippen molar-refractivity contribution in [2.45, 2.75) is 40.0 Å². The van der Waals surface area contributed by atoms with Gasteiger partial charge in [-0.05, 0) is 13.8 Å². The molecule has 2 aromatic carbocycles. The van der Waals surface area contributed by atoms with Gasteiger partial charge in [0.15, 0.2) is 0 Å². The maximum Gasteiger partial charge on any atom is 0.124 e. The predicted octanol–water partition coefficient (Wildman–Crippen LogP) is 1.84. The van der Waals surface area contributed by atoms with Gasteiger partial charge in [0.2, 0.25) is 0 Å². The second kappa shape index (κ2) is 12.8. The van der Waals surface area contributed by atoms with Crippen molar-refractivity contribution >= 4 is 0 Å². The third-order valence-electron chi connectivity index (χ3n) is 8.28. The van der Waals surface area contributed by atoms with E-state index in [1.165, 1.54) is 11.1 Å². The van der Waals surface area contributed by atoms with Crippen LogP contribution in [0.2, 0.25) is 0 Å². The molecule has 5 rings (SSSR count). The molecule has 2 saturated heterocycles. The number of phenols is 2. The summed E-state index contributed by atoms with van der Waals surface area (Å²) < 4.78 is 0. The Hall–Kier alpha value is -2.20. The van der Waals surface area contributed by atoms with Crippen molar-refractivity contribution in [2.75, 3.05) is 78.5 Å². The third kappa shape index (κ3) is 7.05. The van der Waals surface area contributed by atoms with Crippen molar-refractivity contribution in [3.63, 3.8) is 0 Å². The molecule has 4 atom stereocenters. The fourth-order valence-corrected chi connectivity index (χ4v) is 6.16. The molecule has 3 heterocycles. The minimum absolute atomic E-state index is 0.460. The van der Waals surface area contributed by atoms with Crippen LogP contribution >= 0.6 is 0 Å². The summed E-state index contributed by atoms with van der Waals surface area (Å²) in [6.45, 7) is 18.5. The molecule has 208 valence electrons. The molecule has 0 aromatic heterocycles. The van der Waals surface area contributed by atoms with E-state index in [1.807, 2.05) is 0 Å². The highest BCUT2D eigenvalue weighted by Crippen LogP contribution is 2.29. The number of phenolic OH excluding ortho intramolecular Hbond substituents is 2. The lowest BCUT2D eigenvalue weighted by Gasteiger charge is -2.29. The molecule has 4 N–H and O–H groups in total. The number of hydrogen-bond donors (Lipinski definition) is 4. The molecule has 8 bridgehead atoms. The molecular weight excluding hydrogens is 476 g/mol. The van der Waals surface area contributed by atoms with Crippen LogP contribution in [0.25, 0.3) is 0 Å². The minimum atomic E-state index is 0.460. The fourth-order valence-electron chi connectivity index (χ4n) is 6.16. The van der Waals surface area contributed by atoms with Gasteiger partial charge in [0.05, 0.1) is 0 Å². The largest absolute Gasteiger partial charge is 0.507 e. The van der Waals surface area contributed by atoms with Gasteiger partial charge >= 0.3 is 0 Å². The minimum Gasteiger partial charge on any atom is -0.507 e. The number of nitrogens with one attached hydrogen (secondary N) is 2. The van der Waals surface area contributed by atoms with Gasteiger partial charge in [0, 0.05) is 127 Å². The van der Waals surface area contributed by atoms with Crippen LogP contribution < -0.4 is 10.6 Å². The second-order valence-corrected chi connectivity index (χ2v) is 11.5. The van der Waals surface area contributed by atoms with Crippen LogP contribution in [0.15, 0.2) is 24.3 Å². The number of rotatable bonds is 0. The topological polar surface area (TPSA) is 77.5 Å². The van der Waals surface area contributed by atoms with Crippen LogP contribution in [0.3, 0.4) is 0 Å². The number of aromatic hydroxyl groups is 2. The van der Waals surface area contributed by atoms with Crippen LogP contribution in [0.1, 0.15) is 33.4 Å². The van der Waals surface area contributed by atoms with E-state index in [0.717, 1.165) is 127 Å². The van der Waals surface area contributed by atoms with Gasteiger partial charge in [-0.1, -0.05) is 35.4 Å². The van der Waals surface area contributed by atoms with Gasteiger partial charge < -0.3 is 20.8 Å². The zero-order valence-corrected chi connectivity index (χ0v) is 23.3. The highest BCUT2D eigenvalue weighted by atomic mass is 16.3. The van der Waals surface area contributed by atoms with Gasteiger partial charge in [-0.3, -0.25) is 19.6 Å². The molecule has 0 aliphatic carbocycles. The SMILES string of the molecule is Cc1cc2c(O)c(c1)CN1CCNCCN(CC1)Cc1cc(C)cc(c1O)CN1CCNCCN(CC1)C2. The third-order valence-corrected chi connectivity index (χ3v) is 8.28. The summed E-state index contributed by atoms with van der Waals surface area (Å²) in [6, 6.07) is 8.62. The molecule has 8 heteroatoms. The first-order valence-electron chi connectivity index (χ1n) is 14.4. The lowest BCUT2D eigenvalue weighted by molar-refractivity contribution is 0.200. The van der Waals surface area contributed by atoms with Crippen LogP contribution in [0.5, 0.6) is 11.5 Å². The second-order valence-electron chi connectivity index (χ2n) is 11.5. The van der Waals surface area contributed by atoms with Crippen molar-refractivity contribution in [3.8, 4) is 11.5 Å². The normalized spacial score (nSPS) is 27.6. The Morgan fingerprint density at radius 3 is 1.00 bits per heavy atom. The molecule has 2 fully saturated rings. The van der Waals surface area contributed by atoms with Crippen LogP contribution in [0.4, 0.5) is 0 Å². The molecule has 3 aliphatic heterocycles. The lowest BCUT2D eigenvalue weighted by Crippen LogP contribution is -2.36. The average molecular weight is 523 g/mol. The van der Waals surface area contributed by atoms with Gasteiger partial charge in [-0.25, -0.2) is 0 Å². The summed E-state index contributed by atoms with van der Waals surface area (Å²) in [5, 5.41) is 30.0. The summed E-state index contributed by atoms with van der Waals surface area (Å²) in [6.07, 6.45) is 0. The van der Waals surface area contributed by atoms with E-state index in [2.05, 4.69) is 68.3 Å². The zero-order chi connectivity index (χ0) is 26.5. The number of hydrogen-bond acceptors (Lipinski definition) is 8. The number of aryl methyl sites for hydroxylation is 2. The first-order chi connectivity index (χ1) is 18.4. The van der Waals surface area contributed by atoms with Crippen molar-refractivity contribution in [1.82, 2.24) is 30.2 Å². The Balaban J connectivity index is 1.51. The van der Waals surface area contributed by atoms with E-state index in [0.29, 0.717) is 11.5 Å². The molecule has 0 amide bonds. The Labute approximate surface area is 228 Å². The van der Waals surface area contributed by atoms with Crippen molar-refractivity contribution in [3.05, 3.63) is 57.6 Å². The van der Waals surface area contributed by atoms with Crippen LogP contribution in [-0.2, 0) is 26.2 Å². The zero-order valence-electron chi connectivity index (χ0n) is 23.3. The maximum atomic E-state index is 11.4. The standard InChI is InChI=1S/C30H46N6O2/c1-23-15-25-19-33-7-3-31-5-9-35(13-11-33)21-27-17-24(2)18-28(30(27)38)22-36-10-6-32-4-8-34(12-14-36)20-26(16-23)29(25)37/h15-18,31-32,37-38H,3-14,19-22H2,1-2H3. The summed E-state index contributed by atoms with van der Waals surface area (Å²) in [5.74, 6) is 0.919. The van der Waals surface area contributed by atoms with Crippen LogP contribution in [0, 0.1) is 13.8 Å². The molecule has 8 nitrogen and oxygen atoms in total. The molecule has 2 aromatic rings. The highest BCUT2D eigenvalue weighted by molar-refractivity contribution is 5.44. The Morgan fingerprint density at radius 2 is 0.737 bits per heavy atom. The Morgan fingerprint density at radius 1 is 0.474 bits per heavy atom. The molecule has 4 unspecified atom stereocenters. The summed E-state index contributed by atoms with van der Waals surface area (Å²) in [7, 11) is 0. The van der Waals surface area contributed by atoms with E-state index < -0.39 is 0 Å². The van der Waals surface area contributed by atoms with Gasteiger partial charge in [-0.15, -0.1) is 0 Å². The molecule has 3 aliphatic rings. The van der Waals surface area contributed by atoms with Gasteiger partial charge in [0.1, 0.15) is 11.5 Å². The van der Waals surface area contributed by atoms with E-state index >= 15 is 0 Å². The average Bonchev–Trinajstić information content (AvgIpc) is 3.06. The Kier molecular flexibility index (Phi) is 9.20.